The number of carbonyl (C=O) groups is 1. The van der Waals surface area contributed by atoms with Gasteiger partial charge < -0.3 is 18.6 Å². The molecule has 1 rings (SSSR count). The molecule has 0 aliphatic heterocycles. The fourth-order valence-corrected chi connectivity index (χ4v) is 5.33. The number of amides is 2. The molecule has 0 fully saturated rings. The molecule has 0 aliphatic carbocycles. The zero-order valence-corrected chi connectivity index (χ0v) is 17.1. The van der Waals surface area contributed by atoms with Crippen LogP contribution in [-0.4, -0.2) is 45.9 Å². The number of hydrogen-bond donors (Lipinski definition) is 1. The van der Waals surface area contributed by atoms with Crippen LogP contribution in [0.25, 0.3) is 0 Å². The van der Waals surface area contributed by atoms with Gasteiger partial charge in [0.05, 0.1) is 6.04 Å². The van der Waals surface area contributed by atoms with Crippen LogP contribution >= 0.6 is 0 Å². The maximum atomic E-state index is 13.0. The number of rotatable bonds is 11. The average molecular weight is 369 g/mol. The molecule has 1 unspecified atom stereocenters. The summed E-state index contributed by atoms with van der Waals surface area (Å²) in [5.41, 5.74) is 1.00. The average Bonchev–Trinajstić information content (AvgIpc) is 2.61. The summed E-state index contributed by atoms with van der Waals surface area (Å²) in [7, 11) is -3.36. The summed E-state index contributed by atoms with van der Waals surface area (Å²) >= 11 is 0. The first kappa shape index (κ1) is 21.6. The molecule has 25 heavy (non-hydrogen) atoms. The van der Waals surface area contributed by atoms with Crippen LogP contribution in [-0.2, 0) is 13.3 Å². The van der Waals surface area contributed by atoms with Gasteiger partial charge in [-0.15, -0.1) is 0 Å². The van der Waals surface area contributed by atoms with Crippen LogP contribution in [0.4, 0.5) is 4.79 Å². The maximum absolute atomic E-state index is 13.0. The van der Waals surface area contributed by atoms with Gasteiger partial charge in [-0.1, -0.05) is 37.3 Å². The van der Waals surface area contributed by atoms with Crippen molar-refractivity contribution in [3.8, 4) is 0 Å². The Hall–Kier alpha value is -1.41. The zero-order valence-electron chi connectivity index (χ0n) is 16.1. The van der Waals surface area contributed by atoms with E-state index < -0.39 is 8.97 Å². The molecule has 0 bridgehead atoms. The third kappa shape index (κ3) is 5.81. The second kappa shape index (κ2) is 11.3. The number of carbonyl (C=O) groups excluding carboxylic acids is 1. The van der Waals surface area contributed by atoms with Crippen molar-refractivity contribution in [2.45, 2.75) is 47.1 Å². The van der Waals surface area contributed by atoms with Crippen molar-refractivity contribution in [1.29, 1.82) is 0 Å². The number of nitrogens with one attached hydrogen (secondary N) is 1. The van der Waals surface area contributed by atoms with E-state index in [1.54, 1.807) is 4.57 Å². The summed E-state index contributed by atoms with van der Waals surface area (Å²) < 4.78 is 19.6. The smallest absolute Gasteiger partial charge is 0.357 e. The SMILES string of the molecule is CCCNC(=O)N(C(C)c1ccccc1)[Si](OCC)(OCC)OCC. The minimum absolute atomic E-state index is 0.222. The fourth-order valence-electron chi connectivity index (χ4n) is 2.62. The summed E-state index contributed by atoms with van der Waals surface area (Å²) in [6, 6.07) is 9.39. The van der Waals surface area contributed by atoms with E-state index in [9.17, 15) is 4.79 Å². The lowest BCUT2D eigenvalue weighted by Crippen LogP contribution is -2.65. The molecule has 1 aromatic rings. The molecular weight excluding hydrogens is 336 g/mol. The summed E-state index contributed by atoms with van der Waals surface area (Å²) in [5.74, 6) is 0. The van der Waals surface area contributed by atoms with Gasteiger partial charge >= 0.3 is 15.0 Å². The molecule has 0 aliphatic rings. The first-order valence-corrected chi connectivity index (χ1v) is 10.8. The normalized spacial score (nSPS) is 12.7. The maximum Gasteiger partial charge on any atom is 0.637 e. The van der Waals surface area contributed by atoms with Crippen LogP contribution in [0.5, 0.6) is 0 Å². The third-order valence-corrected chi connectivity index (χ3v) is 6.83. The Morgan fingerprint density at radius 2 is 1.56 bits per heavy atom. The van der Waals surface area contributed by atoms with E-state index in [4.69, 9.17) is 13.3 Å². The van der Waals surface area contributed by atoms with Crippen molar-refractivity contribution >= 4 is 15.0 Å². The van der Waals surface area contributed by atoms with Crippen LogP contribution in [0.1, 0.15) is 52.6 Å². The second-order valence-corrected chi connectivity index (χ2v) is 7.91. The standard InChI is InChI=1S/C18H32N2O4Si/c1-6-15-19-18(21)20(16(5)17-13-11-10-12-14-17)25(22-7-2,23-8-3)24-9-4/h10-14,16H,6-9,15H2,1-5H3,(H,19,21). The number of benzene rings is 1. The molecule has 0 saturated carbocycles. The van der Waals surface area contributed by atoms with E-state index in [-0.39, 0.29) is 12.1 Å². The van der Waals surface area contributed by atoms with Gasteiger partial charge in [0, 0.05) is 26.4 Å². The van der Waals surface area contributed by atoms with E-state index >= 15 is 0 Å². The molecule has 1 aromatic carbocycles. The van der Waals surface area contributed by atoms with Crippen molar-refractivity contribution < 1.29 is 18.1 Å². The predicted octanol–water partition coefficient (Wildman–Crippen LogP) is 3.71. The highest BCUT2D eigenvalue weighted by molar-refractivity contribution is 6.60. The number of hydrogen-bond acceptors (Lipinski definition) is 4. The van der Waals surface area contributed by atoms with Crippen LogP contribution < -0.4 is 5.32 Å². The summed E-state index contributed by atoms with van der Waals surface area (Å²) in [6.45, 7) is 11.5. The van der Waals surface area contributed by atoms with Crippen LogP contribution in [0.3, 0.4) is 0 Å². The molecule has 7 heteroatoms. The van der Waals surface area contributed by atoms with Gasteiger partial charge in [0.1, 0.15) is 0 Å². The molecule has 1 atom stereocenters. The Balaban J connectivity index is 3.31. The molecule has 142 valence electrons. The Morgan fingerprint density at radius 1 is 1.04 bits per heavy atom. The van der Waals surface area contributed by atoms with Crippen molar-refractivity contribution in [2.24, 2.45) is 0 Å². The Bertz CT molecular complexity index is 484. The quantitative estimate of drug-likeness (QED) is 0.605. The van der Waals surface area contributed by atoms with Crippen molar-refractivity contribution in [1.82, 2.24) is 9.88 Å². The van der Waals surface area contributed by atoms with Gasteiger partial charge in [-0.3, -0.25) is 4.57 Å². The monoisotopic (exact) mass is 368 g/mol. The molecule has 0 spiro atoms. The lowest BCUT2D eigenvalue weighted by molar-refractivity contribution is 0.0185. The van der Waals surface area contributed by atoms with Crippen molar-refractivity contribution in [3.63, 3.8) is 0 Å². The highest BCUT2D eigenvalue weighted by atomic mass is 28.4. The van der Waals surface area contributed by atoms with E-state index in [0.29, 0.717) is 26.4 Å². The zero-order chi connectivity index (χ0) is 18.7. The summed E-state index contributed by atoms with van der Waals surface area (Å²) in [5, 5.41) is 2.95. The summed E-state index contributed by atoms with van der Waals surface area (Å²) in [4.78, 5) is 13.0. The van der Waals surface area contributed by atoms with Gasteiger partial charge in [-0.2, -0.15) is 0 Å². The molecule has 0 radical (unpaired) electrons. The first-order valence-electron chi connectivity index (χ1n) is 9.10. The van der Waals surface area contributed by atoms with Crippen molar-refractivity contribution in [3.05, 3.63) is 35.9 Å². The van der Waals surface area contributed by atoms with Gasteiger partial charge in [-0.25, -0.2) is 4.79 Å². The molecule has 0 aromatic heterocycles. The molecule has 2 amide bonds. The Kier molecular flexibility index (Phi) is 9.73. The predicted molar refractivity (Wildman–Crippen MR) is 101 cm³/mol. The van der Waals surface area contributed by atoms with E-state index in [0.717, 1.165) is 12.0 Å². The van der Waals surface area contributed by atoms with Crippen LogP contribution in [0.15, 0.2) is 30.3 Å². The minimum Gasteiger partial charge on any atom is -0.357 e. The van der Waals surface area contributed by atoms with E-state index in [1.165, 1.54) is 0 Å². The second-order valence-electron chi connectivity index (χ2n) is 5.51. The van der Waals surface area contributed by atoms with E-state index in [1.807, 2.05) is 65.0 Å². The molecular formula is C18H32N2O4Si. The lowest BCUT2D eigenvalue weighted by atomic mass is 10.1. The first-order chi connectivity index (χ1) is 12.1. The minimum atomic E-state index is -3.36. The largest absolute Gasteiger partial charge is 0.637 e. The van der Waals surface area contributed by atoms with Gasteiger partial charge in [0.15, 0.2) is 0 Å². The van der Waals surface area contributed by atoms with Gasteiger partial charge in [0.25, 0.3) is 0 Å². The Labute approximate surface area is 152 Å². The third-order valence-electron chi connectivity index (χ3n) is 3.69. The molecule has 6 nitrogen and oxygen atoms in total. The van der Waals surface area contributed by atoms with Crippen molar-refractivity contribution in [2.75, 3.05) is 26.4 Å². The lowest BCUT2D eigenvalue weighted by Gasteiger charge is -2.40. The number of urea groups is 1. The molecule has 1 N–H and O–H groups in total. The van der Waals surface area contributed by atoms with Gasteiger partial charge in [-0.05, 0) is 39.7 Å². The highest BCUT2D eigenvalue weighted by Gasteiger charge is 2.54. The van der Waals surface area contributed by atoms with Crippen LogP contribution in [0.2, 0.25) is 0 Å². The van der Waals surface area contributed by atoms with Gasteiger partial charge in [0.2, 0.25) is 0 Å². The molecule has 0 saturated heterocycles. The van der Waals surface area contributed by atoms with Crippen LogP contribution in [0, 0.1) is 0 Å². The fraction of sp³-hybridized carbons (Fsp3) is 0.611. The summed E-state index contributed by atoms with van der Waals surface area (Å²) in [6.07, 6.45) is 0.853. The topological polar surface area (TPSA) is 60.0 Å². The van der Waals surface area contributed by atoms with E-state index in [2.05, 4.69) is 5.32 Å². The highest BCUT2D eigenvalue weighted by Crippen LogP contribution is 2.28. The molecule has 0 heterocycles. The Morgan fingerprint density at radius 3 is 2.00 bits per heavy atom. The number of nitrogens with zero attached hydrogens (tertiary/aromatic N) is 1.